The quantitative estimate of drug-likeness (QED) is 0.402. The number of nitrogens with zero attached hydrogens (tertiary/aromatic N) is 3. The van der Waals surface area contributed by atoms with Crippen molar-refractivity contribution in [3.63, 3.8) is 0 Å². The Labute approximate surface area is 167 Å². The topological polar surface area (TPSA) is 46.5 Å². The first-order valence-electron chi connectivity index (χ1n) is 9.00. The maximum Gasteiger partial charge on any atom is 0.148 e. The molecule has 0 aliphatic heterocycles. The summed E-state index contributed by atoms with van der Waals surface area (Å²) in [5.41, 5.74) is 5.62. The fourth-order valence-corrected chi connectivity index (χ4v) is 3.63. The van der Waals surface area contributed by atoms with Gasteiger partial charge in [-0.3, -0.25) is 5.10 Å². The molecule has 0 radical (unpaired) electrons. The van der Waals surface area contributed by atoms with Gasteiger partial charge in [-0.1, -0.05) is 91.1 Å². The molecule has 0 fully saturated rings. The normalized spacial score (nSPS) is 11.0. The Morgan fingerprint density at radius 2 is 1.29 bits per heavy atom. The van der Waals surface area contributed by atoms with E-state index in [4.69, 9.17) is 17.3 Å². The van der Waals surface area contributed by atoms with E-state index in [0.29, 0.717) is 4.64 Å². The van der Waals surface area contributed by atoms with Crippen LogP contribution >= 0.6 is 12.2 Å². The van der Waals surface area contributed by atoms with Gasteiger partial charge in [0.1, 0.15) is 15.9 Å². The van der Waals surface area contributed by atoms with Crippen LogP contribution in [0.1, 0.15) is 0 Å². The van der Waals surface area contributed by atoms with Crippen molar-refractivity contribution >= 4 is 23.1 Å². The summed E-state index contributed by atoms with van der Waals surface area (Å²) >= 11 is 5.54. The van der Waals surface area contributed by atoms with Gasteiger partial charge in [-0.05, 0) is 12.1 Å². The van der Waals surface area contributed by atoms with E-state index in [0.717, 1.165) is 39.1 Å². The van der Waals surface area contributed by atoms with Crippen LogP contribution in [0.15, 0.2) is 91.0 Å². The predicted octanol–water partition coefficient (Wildman–Crippen LogP) is 5.81. The lowest BCUT2D eigenvalue weighted by Gasteiger charge is -2.09. The molecular weight excluding hydrogens is 364 g/mol. The first-order chi connectivity index (χ1) is 13.8. The van der Waals surface area contributed by atoms with E-state index in [1.807, 2.05) is 83.5 Å². The van der Waals surface area contributed by atoms with E-state index in [1.165, 1.54) is 0 Å². The first-order valence-corrected chi connectivity index (χ1v) is 9.41. The van der Waals surface area contributed by atoms with E-state index in [9.17, 15) is 0 Å². The molecule has 0 bridgehead atoms. The summed E-state index contributed by atoms with van der Waals surface area (Å²) in [5, 5.41) is 13.4. The minimum atomic E-state index is 0.529. The van der Waals surface area contributed by atoms with Crippen LogP contribution in [0.2, 0.25) is 0 Å². The van der Waals surface area contributed by atoms with E-state index >= 15 is 0 Å². The Hall–Kier alpha value is -3.57. The zero-order valence-corrected chi connectivity index (χ0v) is 15.7. The van der Waals surface area contributed by atoms with Crippen molar-refractivity contribution in [1.29, 1.82) is 0 Å². The van der Waals surface area contributed by atoms with Gasteiger partial charge in [-0.15, -0.1) is 0 Å². The summed E-state index contributed by atoms with van der Waals surface area (Å²) in [5.74, 6) is 0. The molecule has 3 aromatic carbocycles. The van der Waals surface area contributed by atoms with E-state index in [2.05, 4.69) is 22.3 Å². The molecule has 2 aromatic heterocycles. The molecule has 5 rings (SSSR count). The van der Waals surface area contributed by atoms with Crippen LogP contribution in [0, 0.1) is 4.64 Å². The third-order valence-electron chi connectivity index (χ3n) is 4.70. The molecule has 134 valence electrons. The molecule has 0 unspecified atom stereocenters. The molecule has 2 heterocycles. The van der Waals surface area contributed by atoms with Crippen molar-refractivity contribution in [2.24, 2.45) is 0 Å². The highest BCUT2D eigenvalue weighted by Crippen LogP contribution is 2.36. The zero-order valence-electron chi connectivity index (χ0n) is 14.9. The Bertz CT molecular complexity index is 1310. The highest BCUT2D eigenvalue weighted by Gasteiger charge is 2.20. The summed E-state index contributed by atoms with van der Waals surface area (Å²) in [6.07, 6.45) is 0. The van der Waals surface area contributed by atoms with E-state index in [1.54, 1.807) is 0 Å². The van der Waals surface area contributed by atoms with E-state index in [-0.39, 0.29) is 0 Å². The Balaban J connectivity index is 1.95. The predicted molar refractivity (Wildman–Crippen MR) is 115 cm³/mol. The molecule has 0 atom stereocenters. The van der Waals surface area contributed by atoms with Gasteiger partial charge in [-0.25, -0.2) is 4.68 Å². The van der Waals surface area contributed by atoms with Crippen LogP contribution in [-0.2, 0) is 0 Å². The SMILES string of the molecule is S=c1[nH]nc(-c2ccccc2)c2c(-c3ccccc3)n(-c3ccccc3)nc12. The number of para-hydroxylation sites is 1. The van der Waals surface area contributed by atoms with Crippen molar-refractivity contribution < 1.29 is 0 Å². The number of aromatic nitrogens is 4. The van der Waals surface area contributed by atoms with Crippen LogP contribution in [0.25, 0.3) is 39.1 Å². The van der Waals surface area contributed by atoms with Gasteiger partial charge in [0.15, 0.2) is 0 Å². The van der Waals surface area contributed by atoms with Gasteiger partial charge in [0, 0.05) is 11.1 Å². The van der Waals surface area contributed by atoms with E-state index < -0.39 is 0 Å². The second kappa shape index (κ2) is 6.87. The monoisotopic (exact) mass is 380 g/mol. The minimum Gasteiger partial charge on any atom is -0.265 e. The number of hydrogen-bond donors (Lipinski definition) is 1. The van der Waals surface area contributed by atoms with Crippen molar-refractivity contribution in [2.75, 3.05) is 0 Å². The van der Waals surface area contributed by atoms with Crippen molar-refractivity contribution in [1.82, 2.24) is 20.0 Å². The molecule has 4 nitrogen and oxygen atoms in total. The lowest BCUT2D eigenvalue weighted by molar-refractivity contribution is 0.901. The summed E-state index contributed by atoms with van der Waals surface area (Å²) in [6.45, 7) is 0. The molecule has 0 amide bonds. The van der Waals surface area contributed by atoms with Crippen LogP contribution in [0.5, 0.6) is 0 Å². The highest BCUT2D eigenvalue weighted by atomic mass is 32.1. The van der Waals surface area contributed by atoms with Crippen molar-refractivity contribution in [3.05, 3.63) is 95.6 Å². The Morgan fingerprint density at radius 3 is 1.93 bits per heavy atom. The number of aromatic amines is 1. The summed E-state index contributed by atoms with van der Waals surface area (Å²) in [7, 11) is 0. The largest absolute Gasteiger partial charge is 0.265 e. The van der Waals surface area contributed by atoms with Crippen LogP contribution in [0.3, 0.4) is 0 Å². The lowest BCUT2D eigenvalue weighted by Crippen LogP contribution is -1.98. The average molecular weight is 380 g/mol. The van der Waals surface area contributed by atoms with Gasteiger partial charge >= 0.3 is 0 Å². The summed E-state index contributed by atoms with van der Waals surface area (Å²) in [6, 6.07) is 30.5. The second-order valence-corrected chi connectivity index (χ2v) is 6.86. The fraction of sp³-hybridized carbons (Fsp3) is 0. The van der Waals surface area contributed by atoms with Crippen LogP contribution in [0.4, 0.5) is 0 Å². The molecule has 28 heavy (non-hydrogen) atoms. The summed E-state index contributed by atoms with van der Waals surface area (Å²) in [4.78, 5) is 0. The molecule has 0 saturated carbocycles. The molecule has 0 aliphatic rings. The maximum absolute atomic E-state index is 5.54. The standard InChI is InChI=1S/C23H16N4S/c28-23-21-19(20(24-25-23)16-10-4-1-5-11-16)22(17-12-6-2-7-13-17)27(26-21)18-14-8-3-9-15-18/h1-15H,(H,25,28). The molecular formula is C23H16N4S. The maximum atomic E-state index is 5.54. The third-order valence-corrected chi connectivity index (χ3v) is 4.99. The van der Waals surface area contributed by atoms with Gasteiger partial charge < -0.3 is 0 Å². The number of benzene rings is 3. The number of hydrogen-bond acceptors (Lipinski definition) is 3. The molecule has 0 saturated heterocycles. The number of H-pyrrole nitrogens is 1. The third kappa shape index (κ3) is 2.73. The number of rotatable bonds is 3. The van der Waals surface area contributed by atoms with Gasteiger partial charge in [-0.2, -0.15) is 10.2 Å². The van der Waals surface area contributed by atoms with Gasteiger partial charge in [0.2, 0.25) is 0 Å². The molecule has 5 aromatic rings. The molecule has 0 spiro atoms. The van der Waals surface area contributed by atoms with Crippen molar-refractivity contribution in [2.45, 2.75) is 0 Å². The molecule has 0 aliphatic carbocycles. The second-order valence-electron chi connectivity index (χ2n) is 6.45. The number of nitrogens with one attached hydrogen (secondary N) is 1. The minimum absolute atomic E-state index is 0.529. The average Bonchev–Trinajstić information content (AvgIpc) is 3.17. The smallest absolute Gasteiger partial charge is 0.148 e. The number of fused-ring (bicyclic) bond motifs is 1. The summed E-state index contributed by atoms with van der Waals surface area (Å²) < 4.78 is 2.49. The Kier molecular flexibility index (Phi) is 4.07. The Morgan fingerprint density at radius 1 is 0.714 bits per heavy atom. The van der Waals surface area contributed by atoms with Crippen LogP contribution < -0.4 is 0 Å². The van der Waals surface area contributed by atoms with Crippen LogP contribution in [-0.4, -0.2) is 20.0 Å². The van der Waals surface area contributed by atoms with Crippen molar-refractivity contribution in [3.8, 4) is 28.2 Å². The lowest BCUT2D eigenvalue weighted by atomic mass is 10.0. The molecule has 5 heteroatoms. The fourth-order valence-electron chi connectivity index (χ4n) is 3.44. The molecule has 1 N–H and O–H groups in total. The van der Waals surface area contributed by atoms with Gasteiger partial charge in [0.25, 0.3) is 0 Å². The zero-order chi connectivity index (χ0) is 18.9. The first kappa shape index (κ1) is 16.6. The highest BCUT2D eigenvalue weighted by molar-refractivity contribution is 7.71. The van der Waals surface area contributed by atoms with Gasteiger partial charge in [0.05, 0.1) is 16.8 Å².